The number of hydrogen-bond acceptors (Lipinski definition) is 4. The lowest BCUT2D eigenvalue weighted by Gasteiger charge is -2.15. The van der Waals surface area contributed by atoms with Gasteiger partial charge in [0.1, 0.15) is 11.1 Å². The molecule has 0 aliphatic carbocycles. The highest BCUT2D eigenvalue weighted by molar-refractivity contribution is 7.11. The first-order valence-electron chi connectivity index (χ1n) is 5.87. The summed E-state index contributed by atoms with van der Waals surface area (Å²) in [5.41, 5.74) is 0. The van der Waals surface area contributed by atoms with Gasteiger partial charge in [-0.05, 0) is 18.9 Å². The van der Waals surface area contributed by atoms with E-state index in [1.807, 2.05) is 6.20 Å². The Balaban J connectivity index is 2.55. The minimum atomic E-state index is 0.130. The average molecular weight is 242 g/mol. The molecule has 1 heterocycles. The highest BCUT2D eigenvalue weighted by Crippen LogP contribution is 2.28. The molecule has 0 saturated heterocycles. The van der Waals surface area contributed by atoms with Crippen LogP contribution in [0.25, 0.3) is 0 Å². The number of hydrogen-bond donors (Lipinski definition) is 1. The van der Waals surface area contributed by atoms with Gasteiger partial charge >= 0.3 is 0 Å². The lowest BCUT2D eigenvalue weighted by atomic mass is 10.1. The van der Waals surface area contributed by atoms with Gasteiger partial charge in [0.15, 0.2) is 0 Å². The van der Waals surface area contributed by atoms with Crippen molar-refractivity contribution in [2.45, 2.75) is 39.8 Å². The van der Waals surface area contributed by atoms with E-state index >= 15 is 0 Å². The maximum absolute atomic E-state index is 5.46. The van der Waals surface area contributed by atoms with Crippen LogP contribution < -0.4 is 5.32 Å². The highest BCUT2D eigenvalue weighted by Gasteiger charge is 2.18. The molecule has 0 saturated carbocycles. The van der Waals surface area contributed by atoms with Crippen LogP contribution in [0.5, 0.6) is 0 Å². The summed E-state index contributed by atoms with van der Waals surface area (Å²) in [7, 11) is 1.75. The molecule has 3 nitrogen and oxygen atoms in total. The topological polar surface area (TPSA) is 34.2 Å². The van der Waals surface area contributed by atoms with Crippen LogP contribution >= 0.6 is 11.3 Å². The summed E-state index contributed by atoms with van der Waals surface area (Å²) in [6.07, 6.45) is 3.25. The molecule has 0 fully saturated rings. The van der Waals surface area contributed by atoms with Gasteiger partial charge in [-0.3, -0.25) is 0 Å². The number of thiazole rings is 1. The number of ether oxygens (including phenoxy) is 1. The molecule has 16 heavy (non-hydrogen) atoms. The number of methoxy groups -OCH3 is 1. The normalized spacial score (nSPS) is 13.3. The van der Waals surface area contributed by atoms with Gasteiger partial charge in [0, 0.05) is 24.7 Å². The first-order valence-corrected chi connectivity index (χ1v) is 6.68. The molecule has 4 heteroatoms. The quantitative estimate of drug-likeness (QED) is 0.746. The Morgan fingerprint density at radius 3 is 2.81 bits per heavy atom. The molecule has 0 aromatic carbocycles. The lowest BCUT2D eigenvalue weighted by Crippen LogP contribution is -2.12. The first kappa shape index (κ1) is 13.6. The molecule has 0 radical (unpaired) electrons. The molecule has 1 rings (SSSR count). The first-order chi connectivity index (χ1) is 7.69. The number of nitrogens with zero attached hydrogens (tertiary/aromatic N) is 1. The molecule has 0 aliphatic rings. The van der Waals surface area contributed by atoms with Crippen LogP contribution in [0.15, 0.2) is 6.20 Å². The lowest BCUT2D eigenvalue weighted by molar-refractivity contribution is 0.0644. The summed E-state index contributed by atoms with van der Waals surface area (Å²) >= 11 is 1.75. The van der Waals surface area contributed by atoms with Crippen molar-refractivity contribution in [2.24, 2.45) is 5.92 Å². The third-order valence-electron chi connectivity index (χ3n) is 2.40. The zero-order valence-electron chi connectivity index (χ0n) is 10.6. The molecule has 0 amide bonds. The Hall–Kier alpha value is -0.450. The number of nitrogens with one attached hydrogen (secondary N) is 1. The fraction of sp³-hybridized carbons (Fsp3) is 0.750. The minimum absolute atomic E-state index is 0.130. The van der Waals surface area contributed by atoms with Crippen LogP contribution in [0.2, 0.25) is 0 Å². The van der Waals surface area contributed by atoms with Crippen molar-refractivity contribution in [2.75, 3.05) is 13.7 Å². The zero-order chi connectivity index (χ0) is 12.0. The van der Waals surface area contributed by atoms with Crippen LogP contribution in [-0.4, -0.2) is 18.6 Å². The van der Waals surface area contributed by atoms with Gasteiger partial charge in [-0.2, -0.15) is 0 Å². The molecular formula is C12H22N2OS. The van der Waals surface area contributed by atoms with E-state index in [9.17, 15) is 0 Å². The Morgan fingerprint density at radius 2 is 2.25 bits per heavy atom. The molecule has 1 unspecified atom stereocenters. The van der Waals surface area contributed by atoms with Crippen molar-refractivity contribution in [1.82, 2.24) is 10.3 Å². The third kappa shape index (κ3) is 3.85. The maximum atomic E-state index is 5.46. The predicted octanol–water partition coefficient (Wildman–Crippen LogP) is 2.99. The smallest absolute Gasteiger partial charge is 0.122 e. The van der Waals surface area contributed by atoms with Gasteiger partial charge in [-0.25, -0.2) is 4.98 Å². The largest absolute Gasteiger partial charge is 0.374 e. The fourth-order valence-electron chi connectivity index (χ4n) is 1.58. The zero-order valence-corrected chi connectivity index (χ0v) is 11.4. The molecule has 1 aromatic rings. The van der Waals surface area contributed by atoms with Gasteiger partial charge in [0.25, 0.3) is 0 Å². The summed E-state index contributed by atoms with van der Waals surface area (Å²) in [6, 6.07) is 0. The highest BCUT2D eigenvalue weighted by atomic mass is 32.1. The average Bonchev–Trinajstić information content (AvgIpc) is 2.67. The molecule has 0 aliphatic heterocycles. The van der Waals surface area contributed by atoms with Crippen molar-refractivity contribution in [1.29, 1.82) is 0 Å². The van der Waals surface area contributed by atoms with Crippen LogP contribution in [0.1, 0.15) is 43.2 Å². The second-order valence-corrected chi connectivity index (χ2v) is 5.39. The third-order valence-corrected chi connectivity index (χ3v) is 3.46. The molecule has 0 bridgehead atoms. The maximum Gasteiger partial charge on any atom is 0.122 e. The van der Waals surface area contributed by atoms with Crippen LogP contribution in [0.4, 0.5) is 0 Å². The van der Waals surface area contributed by atoms with E-state index in [0.717, 1.165) is 18.1 Å². The van der Waals surface area contributed by atoms with Crippen LogP contribution in [-0.2, 0) is 11.3 Å². The van der Waals surface area contributed by atoms with Gasteiger partial charge in [0.05, 0.1) is 0 Å². The molecule has 92 valence electrons. The van der Waals surface area contributed by atoms with Gasteiger partial charge in [0.2, 0.25) is 0 Å². The van der Waals surface area contributed by atoms with Crippen molar-refractivity contribution in [3.8, 4) is 0 Å². The number of rotatable bonds is 7. The molecular weight excluding hydrogens is 220 g/mol. The van der Waals surface area contributed by atoms with Gasteiger partial charge < -0.3 is 10.1 Å². The molecule has 1 atom stereocenters. The summed E-state index contributed by atoms with van der Waals surface area (Å²) < 4.78 is 5.46. The monoisotopic (exact) mass is 242 g/mol. The van der Waals surface area contributed by atoms with E-state index < -0.39 is 0 Å². The molecule has 1 aromatic heterocycles. The second-order valence-electron chi connectivity index (χ2n) is 4.24. The summed E-state index contributed by atoms with van der Waals surface area (Å²) in [5.74, 6) is 0.465. The Kier molecular flexibility index (Phi) is 5.95. The van der Waals surface area contributed by atoms with Gasteiger partial charge in [-0.15, -0.1) is 11.3 Å². The molecule has 1 N–H and O–H groups in total. The SMILES string of the molecule is CCCNCc1cnc(C(OC)C(C)C)s1. The summed E-state index contributed by atoms with van der Waals surface area (Å²) in [4.78, 5) is 5.72. The van der Waals surface area contributed by atoms with Crippen molar-refractivity contribution in [3.05, 3.63) is 16.1 Å². The standard InChI is InChI=1S/C12H22N2OS/c1-5-6-13-7-10-8-14-12(16-10)11(15-4)9(2)3/h8-9,11,13H,5-7H2,1-4H3. The van der Waals surface area contributed by atoms with Crippen molar-refractivity contribution < 1.29 is 4.74 Å². The van der Waals surface area contributed by atoms with E-state index in [-0.39, 0.29) is 6.10 Å². The predicted molar refractivity (Wildman–Crippen MR) is 68.7 cm³/mol. The van der Waals surface area contributed by atoms with Gasteiger partial charge in [-0.1, -0.05) is 20.8 Å². The van der Waals surface area contributed by atoms with E-state index in [0.29, 0.717) is 5.92 Å². The van der Waals surface area contributed by atoms with E-state index in [1.165, 1.54) is 11.3 Å². The Morgan fingerprint density at radius 1 is 1.50 bits per heavy atom. The second kappa shape index (κ2) is 6.99. The Labute approximate surface area is 102 Å². The van der Waals surface area contributed by atoms with Crippen molar-refractivity contribution >= 4 is 11.3 Å². The number of aromatic nitrogens is 1. The van der Waals surface area contributed by atoms with Crippen LogP contribution in [0, 0.1) is 5.92 Å². The van der Waals surface area contributed by atoms with E-state index in [1.54, 1.807) is 18.4 Å². The molecule has 0 spiro atoms. The van der Waals surface area contributed by atoms with Crippen molar-refractivity contribution in [3.63, 3.8) is 0 Å². The van der Waals surface area contributed by atoms with Crippen LogP contribution in [0.3, 0.4) is 0 Å². The summed E-state index contributed by atoms with van der Waals surface area (Å²) in [5, 5.41) is 4.47. The Bertz CT molecular complexity index is 299. The van der Waals surface area contributed by atoms with E-state index in [2.05, 4.69) is 31.1 Å². The minimum Gasteiger partial charge on any atom is -0.374 e. The fourth-order valence-corrected chi connectivity index (χ4v) is 2.72. The van der Waals surface area contributed by atoms with E-state index in [4.69, 9.17) is 4.74 Å². The summed E-state index contributed by atoms with van der Waals surface area (Å²) in [6.45, 7) is 8.46.